The molecule has 0 aliphatic carbocycles. The predicted octanol–water partition coefficient (Wildman–Crippen LogP) is 3.68. The molecule has 2 aromatic heterocycles. The zero-order chi connectivity index (χ0) is 16.2. The van der Waals surface area contributed by atoms with Crippen LogP contribution in [0.15, 0.2) is 51.4 Å². The van der Waals surface area contributed by atoms with E-state index >= 15 is 0 Å². The maximum atomic E-state index is 12.0. The fraction of sp³-hybridized carbons (Fsp3) is 0.0714. The van der Waals surface area contributed by atoms with Gasteiger partial charge in [0.1, 0.15) is 0 Å². The zero-order valence-electron chi connectivity index (χ0n) is 11.5. The van der Waals surface area contributed by atoms with Crippen molar-refractivity contribution in [3.8, 4) is 11.5 Å². The van der Waals surface area contributed by atoms with Gasteiger partial charge in [-0.2, -0.15) is 0 Å². The molecule has 0 unspecified atom stereocenters. The number of carbonyl (C=O) groups excluding carboxylic acids is 1. The summed E-state index contributed by atoms with van der Waals surface area (Å²) in [5, 5.41) is 20.1. The normalized spacial score (nSPS) is 10.6. The van der Waals surface area contributed by atoms with Crippen molar-refractivity contribution in [3.05, 3.63) is 56.8 Å². The molecule has 0 atom stereocenters. The standard InChI is InChI=1S/C14H9N3O4S2/c18-11(12-6-10(7-22-12)17(19)20)8-23-14-16-15-13(21-14)9-4-2-1-3-5-9/h1-7H,8H2. The van der Waals surface area contributed by atoms with Gasteiger partial charge in [0.05, 0.1) is 20.9 Å². The summed E-state index contributed by atoms with van der Waals surface area (Å²) in [6.45, 7) is 0. The van der Waals surface area contributed by atoms with Crippen LogP contribution in [0.3, 0.4) is 0 Å². The molecule has 23 heavy (non-hydrogen) atoms. The predicted molar refractivity (Wildman–Crippen MR) is 85.8 cm³/mol. The second-order valence-electron chi connectivity index (χ2n) is 4.38. The summed E-state index contributed by atoms with van der Waals surface area (Å²) in [7, 11) is 0. The van der Waals surface area contributed by atoms with Crippen LogP contribution in [0.25, 0.3) is 11.5 Å². The molecule has 0 radical (unpaired) electrons. The van der Waals surface area contributed by atoms with Gasteiger partial charge in [-0.3, -0.25) is 14.9 Å². The first-order valence-electron chi connectivity index (χ1n) is 6.41. The summed E-state index contributed by atoms with van der Waals surface area (Å²) in [5.74, 6) is 0.244. The lowest BCUT2D eigenvalue weighted by atomic mass is 10.2. The van der Waals surface area contributed by atoms with E-state index in [1.165, 1.54) is 11.4 Å². The highest BCUT2D eigenvalue weighted by molar-refractivity contribution is 7.99. The largest absolute Gasteiger partial charge is 0.411 e. The van der Waals surface area contributed by atoms with Gasteiger partial charge < -0.3 is 4.42 Å². The Morgan fingerprint density at radius 2 is 2.09 bits per heavy atom. The third kappa shape index (κ3) is 3.63. The minimum Gasteiger partial charge on any atom is -0.411 e. The lowest BCUT2D eigenvalue weighted by Gasteiger charge is -1.94. The first-order chi connectivity index (χ1) is 11.1. The van der Waals surface area contributed by atoms with Crippen molar-refractivity contribution >= 4 is 34.6 Å². The number of hydrogen-bond donors (Lipinski definition) is 0. The van der Waals surface area contributed by atoms with E-state index in [1.807, 2.05) is 30.3 Å². The molecule has 116 valence electrons. The van der Waals surface area contributed by atoms with E-state index in [0.29, 0.717) is 10.8 Å². The fourth-order valence-electron chi connectivity index (χ4n) is 1.73. The summed E-state index contributed by atoms with van der Waals surface area (Å²) < 4.78 is 5.48. The lowest BCUT2D eigenvalue weighted by Crippen LogP contribution is -1.99. The second-order valence-corrected chi connectivity index (χ2v) is 6.22. The highest BCUT2D eigenvalue weighted by Crippen LogP contribution is 2.26. The molecule has 0 saturated carbocycles. The Morgan fingerprint density at radius 1 is 1.30 bits per heavy atom. The lowest BCUT2D eigenvalue weighted by molar-refractivity contribution is -0.384. The zero-order valence-corrected chi connectivity index (χ0v) is 13.2. The number of carbonyl (C=O) groups is 1. The minimum absolute atomic E-state index is 0.0764. The van der Waals surface area contributed by atoms with E-state index in [1.54, 1.807) is 0 Å². The Kier molecular flexibility index (Phi) is 4.49. The van der Waals surface area contributed by atoms with Gasteiger partial charge in [0.25, 0.3) is 10.9 Å². The van der Waals surface area contributed by atoms with Gasteiger partial charge >= 0.3 is 0 Å². The SMILES string of the molecule is O=C(CSc1nnc(-c2ccccc2)o1)c1cc([N+](=O)[O-])cs1. The van der Waals surface area contributed by atoms with E-state index in [9.17, 15) is 14.9 Å². The monoisotopic (exact) mass is 347 g/mol. The molecule has 9 heteroatoms. The topological polar surface area (TPSA) is 99.1 Å². The van der Waals surface area contributed by atoms with E-state index in [4.69, 9.17) is 4.42 Å². The first kappa shape index (κ1) is 15.4. The Balaban J connectivity index is 1.63. The van der Waals surface area contributed by atoms with Crippen LogP contribution < -0.4 is 0 Å². The highest BCUT2D eigenvalue weighted by Gasteiger charge is 2.17. The molecule has 0 aliphatic heterocycles. The number of aromatic nitrogens is 2. The van der Waals surface area contributed by atoms with Gasteiger partial charge in [0.2, 0.25) is 5.89 Å². The summed E-state index contributed by atoms with van der Waals surface area (Å²) in [6, 6.07) is 10.6. The summed E-state index contributed by atoms with van der Waals surface area (Å²) in [4.78, 5) is 22.4. The smallest absolute Gasteiger partial charge is 0.280 e. The molecular formula is C14H9N3O4S2. The van der Waals surface area contributed by atoms with Crippen molar-refractivity contribution in [1.82, 2.24) is 10.2 Å². The molecule has 0 N–H and O–H groups in total. The van der Waals surface area contributed by atoms with Crippen LogP contribution in [-0.4, -0.2) is 26.7 Å². The van der Waals surface area contributed by atoms with E-state index in [-0.39, 0.29) is 22.4 Å². The van der Waals surface area contributed by atoms with Crippen LogP contribution in [0.4, 0.5) is 5.69 Å². The van der Waals surface area contributed by atoms with Crippen LogP contribution in [0.2, 0.25) is 0 Å². The van der Waals surface area contributed by atoms with Gasteiger partial charge in [0.15, 0.2) is 5.78 Å². The molecule has 3 rings (SSSR count). The quantitative estimate of drug-likeness (QED) is 0.290. The van der Waals surface area contributed by atoms with Crippen molar-refractivity contribution in [2.24, 2.45) is 0 Å². The van der Waals surface area contributed by atoms with Gasteiger partial charge in [-0.05, 0) is 12.1 Å². The number of thiophene rings is 1. The average Bonchev–Trinajstić information content (AvgIpc) is 3.23. The third-order valence-corrected chi connectivity index (χ3v) is 4.60. The summed E-state index contributed by atoms with van der Waals surface area (Å²) >= 11 is 2.16. The van der Waals surface area contributed by atoms with E-state index in [2.05, 4.69) is 10.2 Å². The molecule has 0 aliphatic rings. The van der Waals surface area contributed by atoms with Crippen LogP contribution >= 0.6 is 23.1 Å². The molecule has 0 saturated heterocycles. The maximum Gasteiger partial charge on any atom is 0.280 e. The fourth-order valence-corrected chi connectivity index (χ4v) is 3.26. The second kappa shape index (κ2) is 6.71. The maximum absolute atomic E-state index is 12.0. The van der Waals surface area contributed by atoms with Crippen molar-refractivity contribution in [3.63, 3.8) is 0 Å². The molecular weight excluding hydrogens is 338 g/mol. The number of benzene rings is 1. The minimum atomic E-state index is -0.523. The summed E-state index contributed by atoms with van der Waals surface area (Å²) in [6.07, 6.45) is 0. The molecule has 7 nitrogen and oxygen atoms in total. The molecule has 2 heterocycles. The Morgan fingerprint density at radius 3 is 2.78 bits per heavy atom. The molecule has 0 spiro atoms. The third-order valence-electron chi connectivity index (χ3n) is 2.83. The van der Waals surface area contributed by atoms with Gasteiger partial charge in [-0.1, -0.05) is 30.0 Å². The Bertz CT molecular complexity index is 845. The molecule has 3 aromatic rings. The molecule has 0 amide bonds. The number of nitro groups is 1. The Hall–Kier alpha value is -2.52. The van der Waals surface area contributed by atoms with Gasteiger partial charge in [-0.25, -0.2) is 0 Å². The highest BCUT2D eigenvalue weighted by atomic mass is 32.2. The van der Waals surface area contributed by atoms with Crippen LogP contribution in [-0.2, 0) is 0 Å². The molecule has 1 aromatic carbocycles. The number of Topliss-reactive ketones (excluding diaryl/α,β-unsaturated/α-hetero) is 1. The Labute approximate surface area is 138 Å². The van der Waals surface area contributed by atoms with Crippen LogP contribution in [0.1, 0.15) is 9.67 Å². The van der Waals surface area contributed by atoms with E-state index in [0.717, 1.165) is 28.7 Å². The van der Waals surface area contributed by atoms with Crippen molar-refractivity contribution in [2.45, 2.75) is 5.22 Å². The van der Waals surface area contributed by atoms with Crippen LogP contribution in [0, 0.1) is 10.1 Å². The number of hydrogen-bond acceptors (Lipinski definition) is 8. The van der Waals surface area contributed by atoms with Gasteiger partial charge in [-0.15, -0.1) is 21.5 Å². The summed E-state index contributed by atoms with van der Waals surface area (Å²) in [5.41, 5.74) is 0.722. The van der Waals surface area contributed by atoms with Crippen molar-refractivity contribution in [1.29, 1.82) is 0 Å². The van der Waals surface area contributed by atoms with Crippen LogP contribution in [0.5, 0.6) is 0 Å². The number of thioether (sulfide) groups is 1. The number of rotatable bonds is 6. The number of ketones is 1. The first-order valence-corrected chi connectivity index (χ1v) is 8.28. The molecule has 0 fully saturated rings. The van der Waals surface area contributed by atoms with Crippen molar-refractivity contribution < 1.29 is 14.1 Å². The van der Waals surface area contributed by atoms with E-state index < -0.39 is 4.92 Å². The van der Waals surface area contributed by atoms with Crippen molar-refractivity contribution in [2.75, 3.05) is 5.75 Å². The average molecular weight is 347 g/mol. The van der Waals surface area contributed by atoms with Gasteiger partial charge in [0, 0.05) is 11.6 Å². The molecule has 0 bridgehead atoms. The number of nitrogens with zero attached hydrogens (tertiary/aromatic N) is 3.